The third-order valence-electron chi connectivity index (χ3n) is 2.10. The van der Waals surface area contributed by atoms with E-state index in [1.165, 1.54) is 11.1 Å². The summed E-state index contributed by atoms with van der Waals surface area (Å²) in [6, 6.07) is 8.41. The zero-order valence-corrected chi connectivity index (χ0v) is 8.46. The van der Waals surface area contributed by atoms with E-state index in [2.05, 4.69) is 49.8 Å². The van der Waals surface area contributed by atoms with E-state index in [9.17, 15) is 0 Å². The standard InChI is InChI=1S/C12H17N/c1-4-11-7-5-6-8-12(11)9-10-13(2)3/h4-8H,1,9-10H2,2-3H3. The fourth-order valence-corrected chi connectivity index (χ4v) is 1.31. The summed E-state index contributed by atoms with van der Waals surface area (Å²) in [4.78, 5) is 2.19. The van der Waals surface area contributed by atoms with Gasteiger partial charge in [0.15, 0.2) is 0 Å². The fourth-order valence-electron chi connectivity index (χ4n) is 1.31. The fraction of sp³-hybridized carbons (Fsp3) is 0.333. The lowest BCUT2D eigenvalue weighted by Crippen LogP contribution is -2.15. The van der Waals surface area contributed by atoms with Gasteiger partial charge < -0.3 is 4.90 Å². The minimum absolute atomic E-state index is 1.09. The maximum atomic E-state index is 3.81. The third-order valence-corrected chi connectivity index (χ3v) is 2.10. The second kappa shape index (κ2) is 4.83. The lowest BCUT2D eigenvalue weighted by Gasteiger charge is -2.10. The molecular weight excluding hydrogens is 158 g/mol. The van der Waals surface area contributed by atoms with Crippen molar-refractivity contribution in [3.63, 3.8) is 0 Å². The average Bonchev–Trinajstić information content (AvgIpc) is 2.15. The largest absolute Gasteiger partial charge is 0.309 e. The van der Waals surface area contributed by atoms with Crippen LogP contribution in [0.3, 0.4) is 0 Å². The van der Waals surface area contributed by atoms with Crippen LogP contribution in [0.25, 0.3) is 6.08 Å². The van der Waals surface area contributed by atoms with E-state index in [0.717, 1.165) is 13.0 Å². The summed E-state index contributed by atoms with van der Waals surface area (Å²) in [6.07, 6.45) is 3.01. The zero-order valence-electron chi connectivity index (χ0n) is 8.46. The molecule has 0 N–H and O–H groups in total. The lowest BCUT2D eigenvalue weighted by molar-refractivity contribution is 0.413. The van der Waals surface area contributed by atoms with Gasteiger partial charge >= 0.3 is 0 Å². The molecule has 0 aliphatic carbocycles. The molecule has 0 unspecified atom stereocenters. The molecule has 1 rings (SSSR count). The molecule has 0 spiro atoms. The van der Waals surface area contributed by atoms with Crippen molar-refractivity contribution in [3.05, 3.63) is 42.0 Å². The molecular formula is C12H17N. The van der Waals surface area contributed by atoms with Gasteiger partial charge in [-0.3, -0.25) is 0 Å². The quantitative estimate of drug-likeness (QED) is 0.679. The zero-order chi connectivity index (χ0) is 9.68. The van der Waals surface area contributed by atoms with Gasteiger partial charge in [-0.25, -0.2) is 0 Å². The summed E-state index contributed by atoms with van der Waals surface area (Å²) in [5.41, 5.74) is 2.63. The van der Waals surface area contributed by atoms with Crippen LogP contribution in [0.1, 0.15) is 11.1 Å². The highest BCUT2D eigenvalue weighted by molar-refractivity contribution is 5.51. The van der Waals surface area contributed by atoms with Crippen molar-refractivity contribution in [2.24, 2.45) is 0 Å². The van der Waals surface area contributed by atoms with Gasteiger partial charge in [-0.2, -0.15) is 0 Å². The van der Waals surface area contributed by atoms with Gasteiger partial charge in [-0.05, 0) is 31.6 Å². The average molecular weight is 175 g/mol. The SMILES string of the molecule is C=Cc1ccccc1CCN(C)C. The number of hydrogen-bond acceptors (Lipinski definition) is 1. The van der Waals surface area contributed by atoms with Gasteiger partial charge in [0.05, 0.1) is 0 Å². The molecule has 1 nitrogen and oxygen atoms in total. The molecule has 0 saturated heterocycles. The van der Waals surface area contributed by atoms with Crippen LogP contribution in [0.5, 0.6) is 0 Å². The Kier molecular flexibility index (Phi) is 3.71. The Morgan fingerprint density at radius 1 is 1.31 bits per heavy atom. The summed E-state index contributed by atoms with van der Waals surface area (Å²) < 4.78 is 0. The number of likely N-dealkylation sites (N-methyl/N-ethyl adjacent to an activating group) is 1. The first kappa shape index (κ1) is 10.0. The Morgan fingerprint density at radius 2 is 2.00 bits per heavy atom. The third kappa shape index (κ3) is 3.03. The van der Waals surface area contributed by atoms with E-state index in [1.54, 1.807) is 0 Å². The Morgan fingerprint density at radius 3 is 2.62 bits per heavy atom. The Labute approximate surface area is 80.7 Å². The van der Waals surface area contributed by atoms with Crippen molar-refractivity contribution < 1.29 is 0 Å². The van der Waals surface area contributed by atoms with E-state index in [-0.39, 0.29) is 0 Å². The van der Waals surface area contributed by atoms with Gasteiger partial charge in [-0.1, -0.05) is 36.9 Å². The van der Waals surface area contributed by atoms with Crippen molar-refractivity contribution in [1.29, 1.82) is 0 Å². The first-order valence-electron chi connectivity index (χ1n) is 4.59. The van der Waals surface area contributed by atoms with Crippen LogP contribution in [-0.4, -0.2) is 25.5 Å². The molecule has 0 atom stereocenters. The minimum Gasteiger partial charge on any atom is -0.309 e. The summed E-state index contributed by atoms with van der Waals surface area (Å²) in [7, 11) is 4.19. The van der Waals surface area contributed by atoms with E-state index in [4.69, 9.17) is 0 Å². The van der Waals surface area contributed by atoms with E-state index in [0.29, 0.717) is 0 Å². The number of nitrogens with zero attached hydrogens (tertiary/aromatic N) is 1. The molecule has 0 bridgehead atoms. The molecule has 0 amide bonds. The molecule has 1 aromatic rings. The number of rotatable bonds is 4. The number of benzene rings is 1. The van der Waals surface area contributed by atoms with E-state index >= 15 is 0 Å². The van der Waals surface area contributed by atoms with Crippen LogP contribution in [0.15, 0.2) is 30.8 Å². The first-order valence-corrected chi connectivity index (χ1v) is 4.59. The van der Waals surface area contributed by atoms with Crippen LogP contribution in [0.4, 0.5) is 0 Å². The second-order valence-electron chi connectivity index (χ2n) is 3.46. The molecule has 1 heteroatoms. The Balaban J connectivity index is 2.69. The van der Waals surface area contributed by atoms with Gasteiger partial charge in [0.1, 0.15) is 0 Å². The van der Waals surface area contributed by atoms with Gasteiger partial charge in [0, 0.05) is 6.54 Å². The summed E-state index contributed by atoms with van der Waals surface area (Å²) in [6.45, 7) is 4.89. The van der Waals surface area contributed by atoms with Crippen molar-refractivity contribution in [2.45, 2.75) is 6.42 Å². The maximum absolute atomic E-state index is 3.81. The predicted molar refractivity (Wildman–Crippen MR) is 58.8 cm³/mol. The highest BCUT2D eigenvalue weighted by Gasteiger charge is 1.98. The monoisotopic (exact) mass is 175 g/mol. The predicted octanol–water partition coefficient (Wildman–Crippen LogP) is 2.43. The molecule has 0 fully saturated rings. The Bertz CT molecular complexity index is 276. The lowest BCUT2D eigenvalue weighted by atomic mass is 10.0. The molecule has 70 valence electrons. The van der Waals surface area contributed by atoms with Gasteiger partial charge in [-0.15, -0.1) is 0 Å². The number of hydrogen-bond donors (Lipinski definition) is 0. The summed E-state index contributed by atoms with van der Waals surface area (Å²) in [5.74, 6) is 0. The highest BCUT2D eigenvalue weighted by Crippen LogP contribution is 2.10. The normalized spacial score (nSPS) is 10.4. The molecule has 0 aromatic heterocycles. The van der Waals surface area contributed by atoms with Crippen LogP contribution in [-0.2, 0) is 6.42 Å². The summed E-state index contributed by atoms with van der Waals surface area (Å²) in [5, 5.41) is 0. The first-order chi connectivity index (χ1) is 6.24. The Hall–Kier alpha value is -1.08. The van der Waals surface area contributed by atoms with Crippen LogP contribution in [0, 0.1) is 0 Å². The van der Waals surface area contributed by atoms with Crippen molar-refractivity contribution >= 4 is 6.08 Å². The second-order valence-corrected chi connectivity index (χ2v) is 3.46. The van der Waals surface area contributed by atoms with Crippen LogP contribution >= 0.6 is 0 Å². The molecule has 0 aliphatic heterocycles. The van der Waals surface area contributed by atoms with E-state index in [1.807, 2.05) is 6.08 Å². The van der Waals surface area contributed by atoms with Gasteiger partial charge in [0.2, 0.25) is 0 Å². The summed E-state index contributed by atoms with van der Waals surface area (Å²) >= 11 is 0. The van der Waals surface area contributed by atoms with Crippen LogP contribution in [0.2, 0.25) is 0 Å². The molecule has 1 aromatic carbocycles. The molecule has 0 aliphatic rings. The van der Waals surface area contributed by atoms with Crippen molar-refractivity contribution in [1.82, 2.24) is 4.90 Å². The molecule has 13 heavy (non-hydrogen) atoms. The molecule has 0 radical (unpaired) electrons. The smallest absolute Gasteiger partial charge is 0.00159 e. The molecule has 0 heterocycles. The topological polar surface area (TPSA) is 3.24 Å². The van der Waals surface area contributed by atoms with Crippen LogP contribution < -0.4 is 0 Å². The minimum atomic E-state index is 1.09. The highest BCUT2D eigenvalue weighted by atomic mass is 15.0. The van der Waals surface area contributed by atoms with Crippen molar-refractivity contribution in [2.75, 3.05) is 20.6 Å². The van der Waals surface area contributed by atoms with Gasteiger partial charge in [0.25, 0.3) is 0 Å². The maximum Gasteiger partial charge on any atom is 0.00159 e. The van der Waals surface area contributed by atoms with E-state index < -0.39 is 0 Å². The van der Waals surface area contributed by atoms with Crippen molar-refractivity contribution in [3.8, 4) is 0 Å². The molecule has 0 saturated carbocycles.